The van der Waals surface area contributed by atoms with Crippen LogP contribution in [-0.2, 0) is 16.1 Å². The number of hydrogen-bond donors (Lipinski definition) is 2. The summed E-state index contributed by atoms with van der Waals surface area (Å²) in [4.78, 5) is 49.7. The summed E-state index contributed by atoms with van der Waals surface area (Å²) >= 11 is 0. The number of amides is 3. The van der Waals surface area contributed by atoms with E-state index in [0.717, 1.165) is 43.9 Å². The van der Waals surface area contributed by atoms with Crippen molar-refractivity contribution in [3.05, 3.63) is 82.8 Å². The van der Waals surface area contributed by atoms with Crippen LogP contribution >= 0.6 is 0 Å². The van der Waals surface area contributed by atoms with Crippen LogP contribution in [0.2, 0.25) is 0 Å². The van der Waals surface area contributed by atoms with Crippen molar-refractivity contribution >= 4 is 34.7 Å². The highest BCUT2D eigenvalue weighted by Gasteiger charge is 2.40. The number of nitrogens with zero attached hydrogens (tertiary/aromatic N) is 4. The van der Waals surface area contributed by atoms with E-state index in [1.807, 2.05) is 6.92 Å². The number of aromatic nitrogens is 1. The van der Waals surface area contributed by atoms with Gasteiger partial charge in [0.2, 0.25) is 11.8 Å². The second kappa shape index (κ2) is 14.3. The Kier molecular flexibility index (Phi) is 9.93. The molecular formula is C36H42F2N6O3. The Hall–Kier alpha value is -4.22. The molecule has 0 spiro atoms. The highest BCUT2D eigenvalue weighted by atomic mass is 19.1. The van der Waals surface area contributed by atoms with Crippen LogP contribution in [0.15, 0.2) is 54.6 Å². The Balaban J connectivity index is 1.09. The lowest BCUT2D eigenvalue weighted by Gasteiger charge is -2.32. The predicted molar refractivity (Wildman–Crippen MR) is 177 cm³/mol. The van der Waals surface area contributed by atoms with E-state index in [1.165, 1.54) is 47.6 Å². The smallest absolute Gasteiger partial charge is 0.270 e. The normalized spacial score (nSPS) is 21.3. The fraction of sp³-hybridized carbons (Fsp3) is 0.444. The fourth-order valence-electron chi connectivity index (χ4n) is 6.32. The van der Waals surface area contributed by atoms with Crippen molar-refractivity contribution in [1.82, 2.24) is 30.3 Å². The van der Waals surface area contributed by atoms with Gasteiger partial charge in [-0.25, -0.2) is 13.8 Å². The molecule has 6 rings (SSSR count). The van der Waals surface area contributed by atoms with E-state index in [4.69, 9.17) is 0 Å². The zero-order chi connectivity index (χ0) is 33.1. The molecule has 3 atom stereocenters. The van der Waals surface area contributed by atoms with Gasteiger partial charge < -0.3 is 20.4 Å². The van der Waals surface area contributed by atoms with Crippen molar-refractivity contribution in [3.8, 4) is 0 Å². The molecule has 9 nitrogen and oxygen atoms in total. The van der Waals surface area contributed by atoms with E-state index in [2.05, 4.69) is 62.8 Å². The number of piperazine rings is 1. The van der Waals surface area contributed by atoms with Gasteiger partial charge in [0, 0.05) is 44.5 Å². The van der Waals surface area contributed by atoms with Crippen molar-refractivity contribution in [3.63, 3.8) is 0 Å². The Morgan fingerprint density at radius 3 is 2.60 bits per heavy atom. The molecule has 11 heteroatoms. The summed E-state index contributed by atoms with van der Waals surface area (Å²) in [5, 5.41) is 6.10. The lowest BCUT2D eigenvalue weighted by atomic mass is 9.97. The van der Waals surface area contributed by atoms with Gasteiger partial charge in [0.15, 0.2) is 0 Å². The minimum absolute atomic E-state index is 0.0610. The van der Waals surface area contributed by atoms with Gasteiger partial charge in [0.05, 0.1) is 24.6 Å². The van der Waals surface area contributed by atoms with Gasteiger partial charge in [-0.3, -0.25) is 19.3 Å². The van der Waals surface area contributed by atoms with Crippen molar-refractivity contribution in [1.29, 1.82) is 0 Å². The number of carbonyl (C=O) groups is 3. The molecule has 3 heterocycles. The molecule has 1 aliphatic carbocycles. The molecule has 1 aromatic heterocycles. The number of pyridine rings is 1. The maximum Gasteiger partial charge on any atom is 0.270 e. The quantitative estimate of drug-likeness (QED) is 0.345. The third-order valence-electron chi connectivity index (χ3n) is 9.31. The maximum atomic E-state index is 14.6. The summed E-state index contributed by atoms with van der Waals surface area (Å²) in [5.74, 6) is -1.41. The standard InChI is InChI=1S/C36H42F2N6O3/c1-23(30-10-6-25(17-26(30)7-5-24-3-4-24)21-43-15-13-42(2)14-16-43)40-36(47)33-19-29(38)22-44(33)34(45)20-39-35(46)32-11-8-27-18-28(37)9-12-31(27)41-32/h5-12,17-18,23-24,29,33H,3-4,13-16,19-22H2,1-2H3,(H,39,46)(H,40,47)/b7-5+/t23-,29+,33-/m0/s1. The summed E-state index contributed by atoms with van der Waals surface area (Å²) in [6.45, 7) is 6.27. The number of rotatable bonds is 10. The second-order valence-corrected chi connectivity index (χ2v) is 13.1. The molecule has 47 heavy (non-hydrogen) atoms. The van der Waals surface area contributed by atoms with Gasteiger partial charge in [-0.15, -0.1) is 0 Å². The molecule has 2 saturated heterocycles. The first kappa shape index (κ1) is 32.7. The van der Waals surface area contributed by atoms with Crippen LogP contribution in [0.3, 0.4) is 0 Å². The molecule has 3 aliphatic rings. The van der Waals surface area contributed by atoms with E-state index in [-0.39, 0.29) is 24.7 Å². The van der Waals surface area contributed by atoms with Crippen LogP contribution in [0.5, 0.6) is 0 Å². The van der Waals surface area contributed by atoms with Gasteiger partial charge in [0.25, 0.3) is 5.91 Å². The van der Waals surface area contributed by atoms with Gasteiger partial charge in [0.1, 0.15) is 23.7 Å². The Bertz CT molecular complexity index is 1670. The summed E-state index contributed by atoms with van der Waals surface area (Å²) in [7, 11) is 2.14. The molecule has 0 unspecified atom stereocenters. The summed E-state index contributed by atoms with van der Waals surface area (Å²) < 4.78 is 28.1. The van der Waals surface area contributed by atoms with Crippen LogP contribution in [-0.4, -0.2) is 95.9 Å². The first-order valence-corrected chi connectivity index (χ1v) is 16.4. The fourth-order valence-corrected chi connectivity index (χ4v) is 6.32. The number of allylic oxidation sites excluding steroid dienone is 1. The topological polar surface area (TPSA) is 97.9 Å². The molecule has 3 aromatic rings. The van der Waals surface area contributed by atoms with Crippen molar-refractivity contribution < 1.29 is 23.2 Å². The monoisotopic (exact) mass is 644 g/mol. The first-order valence-electron chi connectivity index (χ1n) is 16.4. The van der Waals surface area contributed by atoms with Crippen molar-refractivity contribution in [2.24, 2.45) is 5.92 Å². The van der Waals surface area contributed by atoms with Crippen LogP contribution in [0, 0.1) is 11.7 Å². The Morgan fingerprint density at radius 1 is 1.04 bits per heavy atom. The van der Waals surface area contributed by atoms with E-state index in [9.17, 15) is 23.2 Å². The molecule has 0 bridgehead atoms. The third-order valence-corrected chi connectivity index (χ3v) is 9.31. The number of halogens is 2. The highest BCUT2D eigenvalue weighted by molar-refractivity contribution is 5.97. The number of likely N-dealkylation sites (tertiary alicyclic amines) is 1. The van der Waals surface area contributed by atoms with Crippen LogP contribution in [0.4, 0.5) is 8.78 Å². The van der Waals surface area contributed by atoms with E-state index >= 15 is 0 Å². The van der Waals surface area contributed by atoms with Crippen molar-refractivity contribution in [2.75, 3.05) is 46.3 Å². The third kappa shape index (κ3) is 8.20. The lowest BCUT2D eigenvalue weighted by molar-refractivity contribution is -0.138. The molecule has 2 aliphatic heterocycles. The van der Waals surface area contributed by atoms with E-state index in [1.54, 1.807) is 6.07 Å². The number of carbonyl (C=O) groups excluding carboxylic acids is 3. The number of benzene rings is 2. The molecule has 2 aromatic carbocycles. The summed E-state index contributed by atoms with van der Waals surface area (Å²) in [6.07, 6.45) is 5.30. The summed E-state index contributed by atoms with van der Waals surface area (Å²) in [5.41, 5.74) is 3.73. The molecular weight excluding hydrogens is 602 g/mol. The average Bonchev–Trinajstić information content (AvgIpc) is 3.81. The minimum atomic E-state index is -1.35. The zero-order valence-corrected chi connectivity index (χ0v) is 26.9. The number of likely N-dealkylation sites (N-methyl/N-ethyl adjacent to an activating group) is 1. The van der Waals surface area contributed by atoms with Crippen molar-refractivity contribution in [2.45, 2.75) is 51.0 Å². The number of nitrogens with one attached hydrogen (secondary N) is 2. The summed E-state index contributed by atoms with van der Waals surface area (Å²) in [6, 6.07) is 12.1. The van der Waals surface area contributed by atoms with Crippen LogP contribution < -0.4 is 10.6 Å². The van der Waals surface area contributed by atoms with E-state index in [0.29, 0.717) is 16.8 Å². The van der Waals surface area contributed by atoms with Gasteiger partial charge in [-0.1, -0.05) is 36.4 Å². The van der Waals surface area contributed by atoms with E-state index < -0.39 is 42.3 Å². The first-order chi connectivity index (χ1) is 22.6. The average molecular weight is 645 g/mol. The van der Waals surface area contributed by atoms with Gasteiger partial charge in [-0.05, 0) is 73.7 Å². The Morgan fingerprint density at radius 2 is 1.83 bits per heavy atom. The largest absolute Gasteiger partial charge is 0.348 e. The molecule has 1 saturated carbocycles. The molecule has 248 valence electrons. The van der Waals surface area contributed by atoms with Crippen LogP contribution in [0.1, 0.15) is 59.4 Å². The SMILES string of the molecule is C[C@H](NC(=O)[C@@H]1C[C@@H](F)CN1C(=O)CNC(=O)c1ccc2cc(F)ccc2n1)c1ccc(CN2CCN(C)CC2)cc1/C=C/C1CC1. The Labute approximate surface area is 274 Å². The predicted octanol–water partition coefficient (Wildman–Crippen LogP) is 4.09. The lowest BCUT2D eigenvalue weighted by Crippen LogP contribution is -2.49. The van der Waals surface area contributed by atoms with Gasteiger partial charge in [-0.2, -0.15) is 0 Å². The molecule has 0 radical (unpaired) electrons. The number of fused-ring (bicyclic) bond motifs is 1. The second-order valence-electron chi connectivity index (χ2n) is 13.1. The molecule has 2 N–H and O–H groups in total. The number of hydrogen-bond acceptors (Lipinski definition) is 6. The highest BCUT2D eigenvalue weighted by Crippen LogP contribution is 2.32. The van der Waals surface area contributed by atoms with Crippen LogP contribution in [0.25, 0.3) is 17.0 Å². The number of alkyl halides is 1. The minimum Gasteiger partial charge on any atom is -0.348 e. The molecule has 3 fully saturated rings. The van der Waals surface area contributed by atoms with Gasteiger partial charge >= 0.3 is 0 Å². The zero-order valence-electron chi connectivity index (χ0n) is 26.9. The maximum absolute atomic E-state index is 14.6. The molecule has 3 amide bonds.